The van der Waals surface area contributed by atoms with Crippen molar-refractivity contribution in [2.45, 2.75) is 25.4 Å². The predicted molar refractivity (Wildman–Crippen MR) is 36.0 cm³/mol. The van der Waals surface area contributed by atoms with Crippen LogP contribution in [0.4, 0.5) is 0 Å². The fourth-order valence-electron chi connectivity index (χ4n) is 1.95. The molecule has 2 aliphatic rings. The van der Waals surface area contributed by atoms with E-state index in [1.807, 2.05) is 0 Å². The Bertz CT molecular complexity index is 176. The maximum absolute atomic E-state index is 9.37. The highest BCUT2D eigenvalue weighted by Gasteiger charge is 2.33. The molecule has 0 saturated heterocycles. The molecular weight excluding hydrogens is 112 g/mol. The van der Waals surface area contributed by atoms with Crippen molar-refractivity contribution in [3.8, 4) is 0 Å². The van der Waals surface area contributed by atoms with Gasteiger partial charge < -0.3 is 5.11 Å². The molecule has 1 N–H and O–H groups in total. The van der Waals surface area contributed by atoms with Crippen LogP contribution in [0.15, 0.2) is 12.1 Å². The molecule has 9 heavy (non-hydrogen) atoms. The summed E-state index contributed by atoms with van der Waals surface area (Å²) < 4.78 is 7.49. The number of hydrogen-bond acceptors (Lipinski definition) is 1. The van der Waals surface area contributed by atoms with E-state index in [2.05, 4.69) is 0 Å². The molecule has 0 unspecified atom stereocenters. The maximum atomic E-state index is 9.37. The molecular formula is C8H12O. The van der Waals surface area contributed by atoms with Crippen LogP contribution in [-0.4, -0.2) is 11.2 Å². The summed E-state index contributed by atoms with van der Waals surface area (Å²) in [4.78, 5) is 0. The molecule has 0 aromatic rings. The van der Waals surface area contributed by atoms with Crippen LogP contribution in [0.25, 0.3) is 0 Å². The summed E-state index contributed by atoms with van der Waals surface area (Å²) >= 11 is 0. The van der Waals surface area contributed by atoms with Crippen LogP contribution in [0.2, 0.25) is 0 Å². The highest BCUT2D eigenvalue weighted by atomic mass is 16.3. The molecule has 0 bridgehead atoms. The van der Waals surface area contributed by atoms with E-state index >= 15 is 0 Å². The first-order valence-corrected chi connectivity index (χ1v) is 3.65. The Balaban J connectivity index is 2.21. The Morgan fingerprint density at radius 2 is 2.44 bits per heavy atom. The van der Waals surface area contributed by atoms with E-state index < -0.39 is 0 Å². The van der Waals surface area contributed by atoms with Crippen molar-refractivity contribution in [1.82, 2.24) is 0 Å². The molecule has 3 atom stereocenters. The van der Waals surface area contributed by atoms with E-state index in [1.165, 1.54) is 6.42 Å². The van der Waals surface area contributed by atoms with Gasteiger partial charge in [-0.2, -0.15) is 0 Å². The number of aliphatic hydroxyl groups excluding tert-OH is 1. The first-order chi connectivity index (χ1) is 4.79. The van der Waals surface area contributed by atoms with Crippen LogP contribution in [0, 0.1) is 11.8 Å². The molecule has 1 fully saturated rings. The van der Waals surface area contributed by atoms with Crippen molar-refractivity contribution in [3.05, 3.63) is 12.1 Å². The molecule has 0 aromatic carbocycles. The van der Waals surface area contributed by atoms with Gasteiger partial charge in [0.25, 0.3) is 0 Å². The lowest BCUT2D eigenvalue weighted by Crippen LogP contribution is -2.14. The van der Waals surface area contributed by atoms with E-state index in [4.69, 9.17) is 1.37 Å². The van der Waals surface area contributed by atoms with Crippen LogP contribution in [0.5, 0.6) is 0 Å². The molecule has 0 aliphatic heterocycles. The number of aliphatic hydroxyl groups is 1. The van der Waals surface area contributed by atoms with E-state index in [0.29, 0.717) is 17.9 Å². The average molecular weight is 125 g/mol. The third-order valence-corrected chi connectivity index (χ3v) is 2.49. The largest absolute Gasteiger partial charge is 0.389 e. The van der Waals surface area contributed by atoms with Gasteiger partial charge in [0.15, 0.2) is 0 Å². The van der Waals surface area contributed by atoms with Crippen molar-refractivity contribution in [1.29, 1.82) is 0 Å². The van der Waals surface area contributed by atoms with Crippen LogP contribution < -0.4 is 0 Å². The second-order valence-electron chi connectivity index (χ2n) is 3.03. The lowest BCUT2D eigenvalue weighted by Gasteiger charge is -2.11. The van der Waals surface area contributed by atoms with Gasteiger partial charge >= 0.3 is 0 Å². The standard InChI is InChI=1S/C8H12O/c9-8-5-4-6-2-1-3-7(6)8/h4-9H,1-3H2/t6-,7-,8+/m0/s1/i4D. The predicted octanol–water partition coefficient (Wildman–Crippen LogP) is 1.33. The quantitative estimate of drug-likeness (QED) is 0.484. The molecule has 0 spiro atoms. The second-order valence-corrected chi connectivity index (χ2v) is 3.03. The van der Waals surface area contributed by atoms with Crippen LogP contribution in [0.1, 0.15) is 20.6 Å². The highest BCUT2D eigenvalue weighted by Crippen LogP contribution is 2.39. The van der Waals surface area contributed by atoms with Crippen molar-refractivity contribution in [3.63, 3.8) is 0 Å². The highest BCUT2D eigenvalue weighted by molar-refractivity contribution is 5.09. The fraction of sp³-hybridized carbons (Fsp3) is 0.750. The first kappa shape index (κ1) is 4.51. The maximum Gasteiger partial charge on any atom is 0.0754 e. The summed E-state index contributed by atoms with van der Waals surface area (Å²) in [5.41, 5.74) is 0. The molecule has 0 amide bonds. The van der Waals surface area contributed by atoms with Crippen LogP contribution in [-0.2, 0) is 0 Å². The molecule has 2 rings (SSSR count). The number of rotatable bonds is 0. The second kappa shape index (κ2) is 1.84. The van der Waals surface area contributed by atoms with Gasteiger partial charge in [-0.1, -0.05) is 18.5 Å². The van der Waals surface area contributed by atoms with Gasteiger partial charge in [0, 0.05) is 0 Å². The van der Waals surface area contributed by atoms with Gasteiger partial charge in [0.2, 0.25) is 0 Å². The summed E-state index contributed by atoms with van der Waals surface area (Å²) in [5, 5.41) is 9.37. The summed E-state index contributed by atoms with van der Waals surface area (Å²) in [6.45, 7) is 0. The zero-order chi connectivity index (χ0) is 7.14. The molecule has 1 heteroatoms. The van der Waals surface area contributed by atoms with Crippen LogP contribution >= 0.6 is 0 Å². The summed E-state index contributed by atoms with van der Waals surface area (Å²) in [5.74, 6) is 0.794. The monoisotopic (exact) mass is 125 g/mol. The van der Waals surface area contributed by atoms with Gasteiger partial charge in [-0.15, -0.1) is 0 Å². The summed E-state index contributed by atoms with van der Waals surface area (Å²) in [7, 11) is 0. The normalized spacial score (nSPS) is 50.6. The number of allylic oxidation sites excluding steroid dienone is 1. The number of hydrogen-bond donors (Lipinski definition) is 1. The van der Waals surface area contributed by atoms with Crippen molar-refractivity contribution < 1.29 is 6.48 Å². The Morgan fingerprint density at radius 3 is 3.22 bits per heavy atom. The van der Waals surface area contributed by atoms with Gasteiger partial charge in [0.05, 0.1) is 7.47 Å². The smallest absolute Gasteiger partial charge is 0.0754 e. The molecule has 1 saturated carbocycles. The minimum absolute atomic E-state index is 0.306. The third-order valence-electron chi connectivity index (χ3n) is 2.49. The average Bonchev–Trinajstić information content (AvgIpc) is 2.39. The van der Waals surface area contributed by atoms with E-state index in [-0.39, 0.29) is 6.10 Å². The summed E-state index contributed by atoms with van der Waals surface area (Å²) in [6.07, 6.45) is 4.83. The molecule has 0 radical (unpaired) electrons. The number of fused-ring (bicyclic) bond motifs is 1. The molecule has 2 aliphatic carbocycles. The minimum Gasteiger partial charge on any atom is -0.389 e. The van der Waals surface area contributed by atoms with E-state index in [0.717, 1.165) is 12.8 Å². The summed E-state index contributed by atoms with van der Waals surface area (Å²) in [6, 6.07) is 0.676. The van der Waals surface area contributed by atoms with Gasteiger partial charge in [0.1, 0.15) is 0 Å². The van der Waals surface area contributed by atoms with Gasteiger partial charge in [-0.25, -0.2) is 0 Å². The third kappa shape index (κ3) is 0.715. The zero-order valence-electron chi connectivity index (χ0n) is 6.38. The van der Waals surface area contributed by atoms with Crippen LogP contribution in [0.3, 0.4) is 0 Å². The topological polar surface area (TPSA) is 20.2 Å². The molecule has 1 nitrogen and oxygen atoms in total. The van der Waals surface area contributed by atoms with E-state index in [9.17, 15) is 5.11 Å². The fourth-order valence-corrected chi connectivity index (χ4v) is 1.95. The molecule has 0 aromatic heterocycles. The lowest BCUT2D eigenvalue weighted by atomic mass is 9.98. The minimum atomic E-state index is -0.306. The van der Waals surface area contributed by atoms with Crippen molar-refractivity contribution in [2.75, 3.05) is 0 Å². The van der Waals surface area contributed by atoms with Crippen molar-refractivity contribution >= 4 is 0 Å². The Kier molecular flexibility index (Phi) is 0.922. The SMILES string of the molecule is [2H]C1=C[C@@H](O)[C@H]2CCC[C@@H]12. The van der Waals surface area contributed by atoms with Gasteiger partial charge in [-0.3, -0.25) is 0 Å². The Labute approximate surface area is 56.8 Å². The Morgan fingerprint density at radius 1 is 1.56 bits per heavy atom. The molecule has 0 heterocycles. The lowest BCUT2D eigenvalue weighted by molar-refractivity contribution is 0.154. The van der Waals surface area contributed by atoms with E-state index in [1.54, 1.807) is 6.08 Å². The Hall–Kier alpha value is -0.300. The molecule has 50 valence electrons. The first-order valence-electron chi connectivity index (χ1n) is 4.15. The van der Waals surface area contributed by atoms with Gasteiger partial charge in [-0.05, 0) is 24.7 Å². The van der Waals surface area contributed by atoms with Crippen molar-refractivity contribution in [2.24, 2.45) is 11.8 Å². The zero-order valence-corrected chi connectivity index (χ0v) is 5.38.